The fourth-order valence-electron chi connectivity index (χ4n) is 1.09. The first-order valence-corrected chi connectivity index (χ1v) is 3.87. The van der Waals surface area contributed by atoms with Crippen LogP contribution in [0.3, 0.4) is 0 Å². The van der Waals surface area contributed by atoms with Crippen molar-refractivity contribution in [3.8, 4) is 0 Å². The molecule has 0 amide bonds. The van der Waals surface area contributed by atoms with Gasteiger partial charge < -0.3 is 9.47 Å². The Bertz CT molecular complexity index is 163. The standard InChI is InChI=1S/C9H16O2/c1-5-9(4)6-10-7-11-8(9,2)3/h5H,1,6-7H2,2-4H3. The second-order valence-corrected chi connectivity index (χ2v) is 3.74. The highest BCUT2D eigenvalue weighted by atomic mass is 16.7. The summed E-state index contributed by atoms with van der Waals surface area (Å²) in [6.07, 6.45) is 1.91. The predicted octanol–water partition coefficient (Wildman–Crippen LogP) is 1.96. The molecule has 64 valence electrons. The van der Waals surface area contributed by atoms with E-state index >= 15 is 0 Å². The summed E-state index contributed by atoms with van der Waals surface area (Å²) in [7, 11) is 0. The maximum atomic E-state index is 5.48. The van der Waals surface area contributed by atoms with E-state index in [1.54, 1.807) is 0 Å². The van der Waals surface area contributed by atoms with Crippen molar-refractivity contribution in [3.63, 3.8) is 0 Å². The molecule has 0 saturated carbocycles. The highest BCUT2D eigenvalue weighted by molar-refractivity contribution is 5.03. The largest absolute Gasteiger partial charge is 0.354 e. The van der Waals surface area contributed by atoms with Crippen LogP contribution in [-0.2, 0) is 9.47 Å². The molecule has 2 nitrogen and oxygen atoms in total. The molecule has 1 rings (SSSR count). The van der Waals surface area contributed by atoms with E-state index in [-0.39, 0.29) is 11.0 Å². The molecule has 0 aliphatic carbocycles. The molecule has 2 heteroatoms. The highest BCUT2D eigenvalue weighted by Gasteiger charge is 2.42. The molecule has 0 bridgehead atoms. The molecule has 0 N–H and O–H groups in total. The van der Waals surface area contributed by atoms with Gasteiger partial charge in [-0.05, 0) is 13.8 Å². The molecular formula is C9H16O2. The molecule has 0 aromatic carbocycles. The first-order valence-electron chi connectivity index (χ1n) is 3.87. The third-order valence-corrected chi connectivity index (χ3v) is 2.73. The van der Waals surface area contributed by atoms with Crippen molar-refractivity contribution >= 4 is 0 Å². The Labute approximate surface area is 68.2 Å². The van der Waals surface area contributed by atoms with Gasteiger partial charge >= 0.3 is 0 Å². The summed E-state index contributed by atoms with van der Waals surface area (Å²) < 4.78 is 10.7. The molecule has 1 aliphatic rings. The topological polar surface area (TPSA) is 18.5 Å². The lowest BCUT2D eigenvalue weighted by Gasteiger charge is -2.45. The minimum absolute atomic E-state index is 0.0642. The molecular weight excluding hydrogens is 140 g/mol. The molecule has 1 aliphatic heterocycles. The van der Waals surface area contributed by atoms with Crippen molar-refractivity contribution < 1.29 is 9.47 Å². The Morgan fingerprint density at radius 1 is 1.36 bits per heavy atom. The Morgan fingerprint density at radius 2 is 2.00 bits per heavy atom. The van der Waals surface area contributed by atoms with Crippen LogP contribution in [0.1, 0.15) is 20.8 Å². The average molecular weight is 156 g/mol. The van der Waals surface area contributed by atoms with Crippen molar-refractivity contribution in [1.29, 1.82) is 0 Å². The zero-order chi connectivity index (χ0) is 8.54. The van der Waals surface area contributed by atoms with Crippen LogP contribution in [0.25, 0.3) is 0 Å². The van der Waals surface area contributed by atoms with Crippen LogP contribution in [0.15, 0.2) is 12.7 Å². The lowest BCUT2D eigenvalue weighted by molar-refractivity contribution is -0.231. The molecule has 0 spiro atoms. The summed E-state index contributed by atoms with van der Waals surface area (Å²) in [5.41, 5.74) is -0.224. The number of ether oxygens (including phenoxy) is 2. The third kappa shape index (κ3) is 1.33. The Hall–Kier alpha value is -0.340. The van der Waals surface area contributed by atoms with Gasteiger partial charge in [-0.1, -0.05) is 13.0 Å². The van der Waals surface area contributed by atoms with Gasteiger partial charge in [0.1, 0.15) is 6.79 Å². The van der Waals surface area contributed by atoms with Gasteiger partial charge in [-0.25, -0.2) is 0 Å². The number of hydrogen-bond acceptors (Lipinski definition) is 2. The zero-order valence-electron chi connectivity index (χ0n) is 7.52. The molecule has 1 fully saturated rings. The lowest BCUT2D eigenvalue weighted by Crippen LogP contribution is -2.49. The highest BCUT2D eigenvalue weighted by Crippen LogP contribution is 2.38. The van der Waals surface area contributed by atoms with Crippen LogP contribution in [0.4, 0.5) is 0 Å². The van der Waals surface area contributed by atoms with Gasteiger partial charge in [-0.3, -0.25) is 0 Å². The molecule has 0 aromatic heterocycles. The molecule has 1 heterocycles. The maximum Gasteiger partial charge on any atom is 0.147 e. The molecule has 1 atom stereocenters. The van der Waals surface area contributed by atoms with Gasteiger partial charge in [0.25, 0.3) is 0 Å². The zero-order valence-corrected chi connectivity index (χ0v) is 7.52. The summed E-state index contributed by atoms with van der Waals surface area (Å²) in [5, 5.41) is 0. The first-order chi connectivity index (χ1) is 5.02. The smallest absolute Gasteiger partial charge is 0.147 e. The van der Waals surface area contributed by atoms with Crippen LogP contribution in [0.5, 0.6) is 0 Å². The first kappa shape index (κ1) is 8.75. The van der Waals surface area contributed by atoms with Gasteiger partial charge in [-0.15, -0.1) is 6.58 Å². The Morgan fingerprint density at radius 3 is 2.36 bits per heavy atom. The van der Waals surface area contributed by atoms with Crippen LogP contribution in [0.2, 0.25) is 0 Å². The summed E-state index contributed by atoms with van der Waals surface area (Å²) in [4.78, 5) is 0. The summed E-state index contributed by atoms with van der Waals surface area (Å²) in [6.45, 7) is 11.1. The minimum Gasteiger partial charge on any atom is -0.354 e. The van der Waals surface area contributed by atoms with Crippen LogP contribution in [0, 0.1) is 5.41 Å². The predicted molar refractivity (Wildman–Crippen MR) is 44.3 cm³/mol. The van der Waals surface area contributed by atoms with Crippen LogP contribution >= 0.6 is 0 Å². The SMILES string of the molecule is C=CC1(C)COCOC1(C)C. The molecule has 0 aromatic rings. The summed E-state index contributed by atoms with van der Waals surface area (Å²) in [6, 6.07) is 0. The van der Waals surface area contributed by atoms with E-state index in [0.29, 0.717) is 13.4 Å². The van der Waals surface area contributed by atoms with E-state index in [1.165, 1.54) is 0 Å². The summed E-state index contributed by atoms with van der Waals surface area (Å²) in [5.74, 6) is 0. The molecule has 1 unspecified atom stereocenters. The van der Waals surface area contributed by atoms with Crippen molar-refractivity contribution in [2.75, 3.05) is 13.4 Å². The van der Waals surface area contributed by atoms with Gasteiger partial charge in [0.2, 0.25) is 0 Å². The molecule has 0 radical (unpaired) electrons. The number of rotatable bonds is 1. The van der Waals surface area contributed by atoms with Crippen molar-refractivity contribution in [3.05, 3.63) is 12.7 Å². The Balaban J connectivity index is 2.82. The minimum atomic E-state index is -0.160. The van der Waals surface area contributed by atoms with Crippen molar-refractivity contribution in [1.82, 2.24) is 0 Å². The quantitative estimate of drug-likeness (QED) is 0.540. The van der Waals surface area contributed by atoms with Crippen LogP contribution < -0.4 is 0 Å². The Kier molecular flexibility index (Phi) is 2.08. The molecule has 1 saturated heterocycles. The second kappa shape index (κ2) is 2.61. The average Bonchev–Trinajstić information content (AvgIpc) is 1.95. The van der Waals surface area contributed by atoms with E-state index in [2.05, 4.69) is 27.4 Å². The van der Waals surface area contributed by atoms with E-state index in [4.69, 9.17) is 9.47 Å². The van der Waals surface area contributed by atoms with E-state index in [1.807, 2.05) is 6.08 Å². The van der Waals surface area contributed by atoms with Gasteiger partial charge in [0.05, 0.1) is 12.2 Å². The maximum absolute atomic E-state index is 5.48. The fourth-order valence-corrected chi connectivity index (χ4v) is 1.09. The fraction of sp³-hybridized carbons (Fsp3) is 0.778. The van der Waals surface area contributed by atoms with E-state index < -0.39 is 0 Å². The third-order valence-electron chi connectivity index (χ3n) is 2.73. The van der Waals surface area contributed by atoms with Crippen LogP contribution in [-0.4, -0.2) is 19.0 Å². The van der Waals surface area contributed by atoms with Gasteiger partial charge in [0, 0.05) is 5.41 Å². The lowest BCUT2D eigenvalue weighted by atomic mass is 9.75. The van der Waals surface area contributed by atoms with E-state index in [9.17, 15) is 0 Å². The van der Waals surface area contributed by atoms with Crippen molar-refractivity contribution in [2.45, 2.75) is 26.4 Å². The van der Waals surface area contributed by atoms with Gasteiger partial charge in [0.15, 0.2) is 0 Å². The summed E-state index contributed by atoms with van der Waals surface area (Å²) >= 11 is 0. The monoisotopic (exact) mass is 156 g/mol. The second-order valence-electron chi connectivity index (χ2n) is 3.74. The van der Waals surface area contributed by atoms with E-state index in [0.717, 1.165) is 0 Å². The van der Waals surface area contributed by atoms with Gasteiger partial charge in [-0.2, -0.15) is 0 Å². The van der Waals surface area contributed by atoms with Crippen molar-refractivity contribution in [2.24, 2.45) is 5.41 Å². The molecule has 11 heavy (non-hydrogen) atoms. The normalized spacial score (nSPS) is 36.6. The number of hydrogen-bond donors (Lipinski definition) is 0.